The third-order valence-electron chi connectivity index (χ3n) is 5.39. The topological polar surface area (TPSA) is 115 Å². The third kappa shape index (κ3) is 6.27. The largest absolute Gasteiger partial charge is 0.477 e. The molecule has 0 radical (unpaired) electrons. The van der Waals surface area contributed by atoms with Gasteiger partial charge in [-0.2, -0.15) is 0 Å². The Morgan fingerprint density at radius 2 is 2.23 bits per heavy atom. The number of hydrogen-bond donors (Lipinski definition) is 2. The van der Waals surface area contributed by atoms with E-state index in [0.717, 1.165) is 30.8 Å². The lowest BCUT2D eigenvalue weighted by molar-refractivity contribution is -0.148. The molecule has 31 heavy (non-hydrogen) atoms. The Labute approximate surface area is 183 Å². The van der Waals surface area contributed by atoms with Crippen LogP contribution >= 0.6 is 0 Å². The van der Waals surface area contributed by atoms with Gasteiger partial charge in [0.05, 0.1) is 38.3 Å². The van der Waals surface area contributed by atoms with Crippen molar-refractivity contribution in [3.63, 3.8) is 0 Å². The number of aromatic nitrogens is 2. The summed E-state index contributed by atoms with van der Waals surface area (Å²) in [6.45, 7) is 6.65. The van der Waals surface area contributed by atoms with E-state index in [1.54, 1.807) is 6.20 Å². The summed E-state index contributed by atoms with van der Waals surface area (Å²) in [5, 5.41) is 5.89. The fourth-order valence-electron chi connectivity index (χ4n) is 3.64. The second-order valence-electron chi connectivity index (χ2n) is 7.72. The van der Waals surface area contributed by atoms with Crippen LogP contribution in [0.5, 0.6) is 5.88 Å². The molecule has 1 aromatic heterocycles. The summed E-state index contributed by atoms with van der Waals surface area (Å²) >= 11 is 0. The molecule has 2 N–H and O–H groups in total. The van der Waals surface area contributed by atoms with Crippen molar-refractivity contribution < 1.29 is 23.8 Å². The maximum absolute atomic E-state index is 13.2. The van der Waals surface area contributed by atoms with E-state index in [-0.39, 0.29) is 18.0 Å². The molecule has 2 amide bonds. The first kappa shape index (κ1) is 23.2. The molecule has 1 saturated carbocycles. The first-order chi connectivity index (χ1) is 15.0. The van der Waals surface area contributed by atoms with E-state index in [9.17, 15) is 9.59 Å². The highest BCUT2D eigenvalue weighted by Crippen LogP contribution is 2.35. The second kappa shape index (κ2) is 11.2. The standard InChI is InChI=1S/C21H33N5O5/c1-4-30-19-16(6-5-9-23-21(28)29-3)25-17(12-24-19)14(2)26(15-7-8-15)20(27)18-13-22-10-11-31-18/h12,14-15,18,22H,4-11,13H2,1-3H3,(H,23,28)/t14-,18-/m1/s1. The number of nitrogens with zero attached hydrogens (tertiary/aromatic N) is 3. The summed E-state index contributed by atoms with van der Waals surface area (Å²) in [5.41, 5.74) is 1.44. The molecule has 10 nitrogen and oxygen atoms in total. The van der Waals surface area contributed by atoms with Crippen molar-refractivity contribution >= 4 is 12.0 Å². The minimum absolute atomic E-state index is 0.00159. The number of aryl methyl sites for hydroxylation is 1. The van der Waals surface area contributed by atoms with Crippen LogP contribution in [0.25, 0.3) is 0 Å². The molecule has 2 atom stereocenters. The molecule has 1 aliphatic carbocycles. The van der Waals surface area contributed by atoms with Crippen molar-refractivity contribution in [3.05, 3.63) is 17.6 Å². The van der Waals surface area contributed by atoms with Crippen LogP contribution in [-0.2, 0) is 20.7 Å². The SMILES string of the molecule is CCOc1ncc([C@@H](C)N(C(=O)[C@H]2CNCCO2)C2CC2)nc1CCCNC(=O)OC. The predicted molar refractivity (Wildman–Crippen MR) is 113 cm³/mol. The Morgan fingerprint density at radius 3 is 2.87 bits per heavy atom. The molecular weight excluding hydrogens is 402 g/mol. The van der Waals surface area contributed by atoms with Gasteiger partial charge < -0.3 is 29.7 Å². The van der Waals surface area contributed by atoms with E-state index in [4.69, 9.17) is 14.5 Å². The smallest absolute Gasteiger partial charge is 0.406 e. The van der Waals surface area contributed by atoms with Crippen LogP contribution in [0.15, 0.2) is 6.20 Å². The summed E-state index contributed by atoms with van der Waals surface area (Å²) in [7, 11) is 1.33. The fraction of sp³-hybridized carbons (Fsp3) is 0.714. The van der Waals surface area contributed by atoms with Crippen LogP contribution in [0.1, 0.15) is 50.5 Å². The van der Waals surface area contributed by atoms with Crippen molar-refractivity contribution in [1.29, 1.82) is 0 Å². The first-order valence-corrected chi connectivity index (χ1v) is 11.0. The Balaban J connectivity index is 1.72. The fourth-order valence-corrected chi connectivity index (χ4v) is 3.64. The van der Waals surface area contributed by atoms with Gasteiger partial charge in [0, 0.05) is 25.7 Å². The molecule has 3 rings (SSSR count). The average Bonchev–Trinajstić information content (AvgIpc) is 3.63. The van der Waals surface area contributed by atoms with Gasteiger partial charge in [-0.1, -0.05) is 0 Å². The highest BCUT2D eigenvalue weighted by atomic mass is 16.5. The number of carbonyl (C=O) groups is 2. The summed E-state index contributed by atoms with van der Waals surface area (Å²) in [6, 6.07) is -0.00486. The molecule has 0 aromatic carbocycles. The molecule has 2 aliphatic rings. The monoisotopic (exact) mass is 435 g/mol. The number of carbonyl (C=O) groups excluding carboxylic acids is 2. The van der Waals surface area contributed by atoms with Crippen LogP contribution in [0.3, 0.4) is 0 Å². The van der Waals surface area contributed by atoms with E-state index >= 15 is 0 Å². The van der Waals surface area contributed by atoms with Gasteiger partial charge in [0.25, 0.3) is 5.91 Å². The van der Waals surface area contributed by atoms with E-state index in [1.165, 1.54) is 7.11 Å². The van der Waals surface area contributed by atoms with Gasteiger partial charge in [-0.25, -0.2) is 14.8 Å². The van der Waals surface area contributed by atoms with Crippen molar-refractivity contribution in [2.24, 2.45) is 0 Å². The van der Waals surface area contributed by atoms with Gasteiger partial charge in [0.2, 0.25) is 5.88 Å². The molecule has 2 heterocycles. The van der Waals surface area contributed by atoms with Crippen molar-refractivity contribution in [1.82, 2.24) is 25.5 Å². The molecule has 10 heteroatoms. The maximum Gasteiger partial charge on any atom is 0.406 e. The first-order valence-electron chi connectivity index (χ1n) is 11.0. The molecule has 0 bridgehead atoms. The lowest BCUT2D eigenvalue weighted by Crippen LogP contribution is -2.50. The molecule has 1 saturated heterocycles. The molecule has 1 aromatic rings. The number of hydrogen-bond acceptors (Lipinski definition) is 8. The van der Waals surface area contributed by atoms with E-state index in [0.29, 0.717) is 45.0 Å². The zero-order chi connectivity index (χ0) is 22.2. The molecule has 0 unspecified atom stereocenters. The quantitative estimate of drug-likeness (QED) is 0.527. The van der Waals surface area contributed by atoms with E-state index in [2.05, 4.69) is 20.4 Å². The third-order valence-corrected chi connectivity index (χ3v) is 5.39. The van der Waals surface area contributed by atoms with E-state index in [1.807, 2.05) is 18.7 Å². The molecule has 172 valence electrons. The van der Waals surface area contributed by atoms with Gasteiger partial charge in [0.1, 0.15) is 11.8 Å². The normalized spacial score (nSPS) is 19.4. The van der Waals surface area contributed by atoms with Gasteiger partial charge >= 0.3 is 6.09 Å². The number of morpholine rings is 1. The number of nitrogens with one attached hydrogen (secondary N) is 2. The lowest BCUT2D eigenvalue weighted by Gasteiger charge is -2.34. The maximum atomic E-state index is 13.2. The minimum atomic E-state index is -0.462. The van der Waals surface area contributed by atoms with Crippen LogP contribution in [0.4, 0.5) is 4.79 Å². The summed E-state index contributed by atoms with van der Waals surface area (Å²) < 4.78 is 15.9. The molecular formula is C21H33N5O5. The Kier molecular flexibility index (Phi) is 8.42. The number of amides is 2. The Hall–Kier alpha value is -2.46. The number of methoxy groups -OCH3 is 1. The van der Waals surface area contributed by atoms with Crippen molar-refractivity contribution in [3.8, 4) is 5.88 Å². The summed E-state index contributed by atoms with van der Waals surface area (Å²) in [5.74, 6) is 0.488. The van der Waals surface area contributed by atoms with Crippen LogP contribution < -0.4 is 15.4 Å². The predicted octanol–water partition coefficient (Wildman–Crippen LogP) is 1.20. The van der Waals surface area contributed by atoms with Gasteiger partial charge in [-0.3, -0.25) is 4.79 Å². The highest BCUT2D eigenvalue weighted by molar-refractivity contribution is 5.82. The van der Waals surface area contributed by atoms with Crippen LogP contribution in [0.2, 0.25) is 0 Å². The second-order valence-corrected chi connectivity index (χ2v) is 7.72. The van der Waals surface area contributed by atoms with Gasteiger partial charge in [-0.05, 0) is 39.5 Å². The Morgan fingerprint density at radius 1 is 1.42 bits per heavy atom. The lowest BCUT2D eigenvalue weighted by atomic mass is 10.1. The molecule has 1 aliphatic heterocycles. The summed E-state index contributed by atoms with van der Waals surface area (Å²) in [4.78, 5) is 35.6. The number of alkyl carbamates (subject to hydrolysis) is 1. The highest BCUT2D eigenvalue weighted by Gasteiger charge is 2.40. The van der Waals surface area contributed by atoms with Gasteiger partial charge in [0.15, 0.2) is 0 Å². The zero-order valence-electron chi connectivity index (χ0n) is 18.6. The minimum Gasteiger partial charge on any atom is -0.477 e. The van der Waals surface area contributed by atoms with E-state index < -0.39 is 12.2 Å². The Bertz CT molecular complexity index is 752. The molecule has 0 spiro atoms. The average molecular weight is 436 g/mol. The van der Waals surface area contributed by atoms with Crippen LogP contribution in [0, 0.1) is 0 Å². The zero-order valence-corrected chi connectivity index (χ0v) is 18.6. The molecule has 2 fully saturated rings. The number of rotatable bonds is 10. The van der Waals surface area contributed by atoms with Crippen molar-refractivity contribution in [2.45, 2.75) is 57.7 Å². The van der Waals surface area contributed by atoms with Gasteiger partial charge in [-0.15, -0.1) is 0 Å². The van der Waals surface area contributed by atoms with Crippen molar-refractivity contribution in [2.75, 3.05) is 40.0 Å². The number of ether oxygens (including phenoxy) is 3. The van der Waals surface area contributed by atoms with Crippen LogP contribution in [-0.4, -0.2) is 79.0 Å². The summed E-state index contributed by atoms with van der Waals surface area (Å²) in [6.07, 6.45) is 4.00.